The number of nitrogens with one attached hydrogen (secondary N) is 2. The molecule has 4 nitrogen and oxygen atoms in total. The number of carbonyl (C=O) groups excluding carboxylic acids is 1. The lowest BCUT2D eigenvalue weighted by molar-refractivity contribution is 0.200. The first kappa shape index (κ1) is 16.5. The summed E-state index contributed by atoms with van der Waals surface area (Å²) in [6.07, 6.45) is 0.979. The van der Waals surface area contributed by atoms with Gasteiger partial charge in [-0.15, -0.1) is 0 Å². The number of aliphatic hydroxyl groups excluding tert-OH is 1. The Balaban J connectivity index is 2.43. The molecule has 3 N–H and O–H groups in total. The minimum atomic E-state index is -0.174. The summed E-state index contributed by atoms with van der Waals surface area (Å²) < 4.78 is 0. The second-order valence-electron chi connectivity index (χ2n) is 5.32. The molecule has 112 valence electrons. The van der Waals surface area contributed by atoms with Crippen LogP contribution in [0.3, 0.4) is 0 Å². The number of amides is 2. The lowest BCUT2D eigenvalue weighted by Crippen LogP contribution is -2.45. The van der Waals surface area contributed by atoms with E-state index in [1.165, 1.54) is 5.56 Å². The van der Waals surface area contributed by atoms with Gasteiger partial charge in [-0.1, -0.05) is 44.2 Å². The first-order chi connectivity index (χ1) is 9.58. The number of aliphatic hydroxyl groups is 1. The summed E-state index contributed by atoms with van der Waals surface area (Å²) in [6, 6.07) is 9.98. The van der Waals surface area contributed by atoms with E-state index >= 15 is 0 Å². The molecule has 0 saturated carbocycles. The van der Waals surface area contributed by atoms with Crippen LogP contribution < -0.4 is 10.6 Å². The predicted molar refractivity (Wildman–Crippen MR) is 81.7 cm³/mol. The third-order valence-corrected chi connectivity index (χ3v) is 3.77. The summed E-state index contributed by atoms with van der Waals surface area (Å²) in [4.78, 5) is 11.8. The molecule has 0 fully saturated rings. The minimum Gasteiger partial charge on any atom is -0.396 e. The second kappa shape index (κ2) is 8.59. The molecule has 3 unspecified atom stereocenters. The Morgan fingerprint density at radius 3 is 2.45 bits per heavy atom. The summed E-state index contributed by atoms with van der Waals surface area (Å²) in [6.45, 7) is 6.61. The standard InChI is InChI=1S/C16H26N2O2/c1-4-14(15-8-6-5-7-9-15)10-17-16(20)18-13(3)12(2)11-19/h5-9,12-14,19H,4,10-11H2,1-3H3,(H2,17,18,20). The van der Waals surface area contributed by atoms with Crippen molar-refractivity contribution in [2.24, 2.45) is 5.92 Å². The largest absolute Gasteiger partial charge is 0.396 e. The van der Waals surface area contributed by atoms with Gasteiger partial charge in [-0.2, -0.15) is 0 Å². The fourth-order valence-corrected chi connectivity index (χ4v) is 2.00. The topological polar surface area (TPSA) is 61.4 Å². The SMILES string of the molecule is CCC(CNC(=O)NC(C)C(C)CO)c1ccccc1. The molecule has 0 aliphatic rings. The van der Waals surface area contributed by atoms with E-state index in [1.54, 1.807) is 0 Å². The van der Waals surface area contributed by atoms with Gasteiger partial charge in [-0.3, -0.25) is 0 Å². The van der Waals surface area contributed by atoms with Crippen LogP contribution in [0, 0.1) is 5.92 Å². The van der Waals surface area contributed by atoms with Crippen molar-refractivity contribution in [1.82, 2.24) is 10.6 Å². The highest BCUT2D eigenvalue weighted by Gasteiger charge is 2.15. The molecule has 20 heavy (non-hydrogen) atoms. The summed E-state index contributed by atoms with van der Waals surface area (Å²) in [5.74, 6) is 0.379. The number of rotatable bonds is 7. The van der Waals surface area contributed by atoms with Crippen molar-refractivity contribution >= 4 is 6.03 Å². The highest BCUT2D eigenvalue weighted by molar-refractivity contribution is 5.74. The molecule has 1 aromatic rings. The van der Waals surface area contributed by atoms with Crippen LogP contribution >= 0.6 is 0 Å². The van der Waals surface area contributed by atoms with Gasteiger partial charge in [-0.25, -0.2) is 4.79 Å². The molecule has 0 spiro atoms. The van der Waals surface area contributed by atoms with Crippen molar-refractivity contribution in [2.75, 3.05) is 13.2 Å². The summed E-state index contributed by atoms with van der Waals surface area (Å²) in [5.41, 5.74) is 1.24. The molecule has 1 aromatic carbocycles. The van der Waals surface area contributed by atoms with Gasteiger partial charge in [0.1, 0.15) is 0 Å². The summed E-state index contributed by atoms with van der Waals surface area (Å²) in [5, 5.41) is 14.8. The molecule has 2 amide bonds. The van der Waals surface area contributed by atoms with Gasteiger partial charge in [0.25, 0.3) is 0 Å². The van der Waals surface area contributed by atoms with Gasteiger partial charge in [0.15, 0.2) is 0 Å². The molecule has 0 aliphatic heterocycles. The number of carbonyl (C=O) groups is 1. The smallest absolute Gasteiger partial charge is 0.315 e. The Bertz CT molecular complexity index is 395. The van der Waals surface area contributed by atoms with E-state index in [2.05, 4.69) is 29.7 Å². The highest BCUT2D eigenvalue weighted by Crippen LogP contribution is 2.17. The highest BCUT2D eigenvalue weighted by atomic mass is 16.3. The molecule has 3 atom stereocenters. The fraction of sp³-hybridized carbons (Fsp3) is 0.562. The van der Waals surface area contributed by atoms with Crippen molar-refractivity contribution in [2.45, 2.75) is 39.2 Å². The Morgan fingerprint density at radius 1 is 1.25 bits per heavy atom. The zero-order valence-corrected chi connectivity index (χ0v) is 12.6. The molecule has 4 heteroatoms. The maximum Gasteiger partial charge on any atom is 0.315 e. The Labute approximate surface area is 121 Å². The van der Waals surface area contributed by atoms with Gasteiger partial charge in [0.05, 0.1) is 0 Å². The van der Waals surface area contributed by atoms with E-state index < -0.39 is 0 Å². The number of benzene rings is 1. The molecular weight excluding hydrogens is 252 g/mol. The van der Waals surface area contributed by atoms with Crippen LogP contribution in [0.1, 0.15) is 38.7 Å². The van der Waals surface area contributed by atoms with Gasteiger partial charge in [-0.05, 0) is 24.8 Å². The van der Waals surface area contributed by atoms with E-state index in [0.29, 0.717) is 12.5 Å². The van der Waals surface area contributed by atoms with Crippen LogP contribution in [0.25, 0.3) is 0 Å². The molecule has 0 aromatic heterocycles. The van der Waals surface area contributed by atoms with Gasteiger partial charge < -0.3 is 15.7 Å². The maximum absolute atomic E-state index is 11.8. The Morgan fingerprint density at radius 2 is 1.90 bits per heavy atom. The predicted octanol–water partition coefficient (Wildman–Crippen LogP) is 2.50. The van der Waals surface area contributed by atoms with Gasteiger partial charge >= 0.3 is 6.03 Å². The van der Waals surface area contributed by atoms with Crippen LogP contribution in [0.4, 0.5) is 4.79 Å². The molecule has 0 heterocycles. The van der Waals surface area contributed by atoms with Gasteiger partial charge in [0.2, 0.25) is 0 Å². The molecule has 0 saturated heterocycles. The van der Waals surface area contributed by atoms with Crippen molar-refractivity contribution in [1.29, 1.82) is 0 Å². The van der Waals surface area contributed by atoms with E-state index in [9.17, 15) is 4.79 Å². The van der Waals surface area contributed by atoms with Crippen LogP contribution in [0.5, 0.6) is 0 Å². The van der Waals surface area contributed by atoms with E-state index in [-0.39, 0.29) is 24.6 Å². The average molecular weight is 278 g/mol. The maximum atomic E-state index is 11.8. The molecule has 0 bridgehead atoms. The van der Waals surface area contributed by atoms with Crippen molar-refractivity contribution in [3.8, 4) is 0 Å². The summed E-state index contributed by atoms with van der Waals surface area (Å²) >= 11 is 0. The lowest BCUT2D eigenvalue weighted by Gasteiger charge is -2.21. The minimum absolute atomic E-state index is 0.0446. The van der Waals surface area contributed by atoms with Crippen molar-refractivity contribution in [3.63, 3.8) is 0 Å². The quantitative estimate of drug-likeness (QED) is 0.717. The van der Waals surface area contributed by atoms with Crippen LogP contribution in [-0.2, 0) is 0 Å². The second-order valence-corrected chi connectivity index (χ2v) is 5.32. The molecule has 0 aliphatic carbocycles. The van der Waals surface area contributed by atoms with E-state index in [1.807, 2.05) is 32.0 Å². The molecule has 1 rings (SSSR count). The third kappa shape index (κ3) is 5.21. The van der Waals surface area contributed by atoms with Crippen molar-refractivity contribution < 1.29 is 9.90 Å². The van der Waals surface area contributed by atoms with E-state index in [0.717, 1.165) is 6.42 Å². The van der Waals surface area contributed by atoms with Crippen LogP contribution in [-0.4, -0.2) is 30.3 Å². The lowest BCUT2D eigenvalue weighted by atomic mass is 9.97. The average Bonchev–Trinajstić information content (AvgIpc) is 2.48. The summed E-state index contributed by atoms with van der Waals surface area (Å²) in [7, 11) is 0. The number of hydrogen-bond donors (Lipinski definition) is 3. The van der Waals surface area contributed by atoms with Gasteiger partial charge in [0, 0.05) is 25.1 Å². The van der Waals surface area contributed by atoms with Crippen LogP contribution in [0.2, 0.25) is 0 Å². The zero-order chi connectivity index (χ0) is 15.0. The zero-order valence-electron chi connectivity index (χ0n) is 12.6. The Hall–Kier alpha value is -1.55. The first-order valence-corrected chi connectivity index (χ1v) is 7.28. The number of urea groups is 1. The Kier molecular flexibility index (Phi) is 7.09. The van der Waals surface area contributed by atoms with Crippen molar-refractivity contribution in [3.05, 3.63) is 35.9 Å². The van der Waals surface area contributed by atoms with Crippen LogP contribution in [0.15, 0.2) is 30.3 Å². The fourth-order valence-electron chi connectivity index (χ4n) is 2.00. The monoisotopic (exact) mass is 278 g/mol. The third-order valence-electron chi connectivity index (χ3n) is 3.77. The number of hydrogen-bond acceptors (Lipinski definition) is 2. The molecular formula is C16H26N2O2. The van der Waals surface area contributed by atoms with E-state index in [4.69, 9.17) is 5.11 Å². The first-order valence-electron chi connectivity index (χ1n) is 7.28. The molecule has 0 radical (unpaired) electrons. The normalized spacial score (nSPS) is 15.2.